The molecular weight excluding hydrogens is 411 g/mol. The summed E-state index contributed by atoms with van der Waals surface area (Å²) in [7, 11) is 1.61. The number of nitrogens with zero attached hydrogens (tertiary/aromatic N) is 3. The fraction of sp³-hybridized carbons (Fsp3) is 0.368. The van der Waals surface area contributed by atoms with E-state index in [1.54, 1.807) is 7.11 Å². The number of H-pyrrole nitrogens is 1. The van der Waals surface area contributed by atoms with Crippen molar-refractivity contribution in [3.8, 4) is 10.7 Å². The Morgan fingerprint density at radius 3 is 3.10 bits per heavy atom. The Balaban J connectivity index is 1.53. The van der Waals surface area contributed by atoms with Gasteiger partial charge in [-0.15, -0.1) is 0 Å². The van der Waals surface area contributed by atoms with Crippen molar-refractivity contribution in [1.29, 1.82) is 0 Å². The van der Waals surface area contributed by atoms with Crippen LogP contribution in [0.5, 0.6) is 0 Å². The van der Waals surface area contributed by atoms with Gasteiger partial charge < -0.3 is 20.5 Å². The predicted molar refractivity (Wildman–Crippen MR) is 110 cm³/mol. The number of aromatic amines is 1. The van der Waals surface area contributed by atoms with Gasteiger partial charge in [-0.3, -0.25) is 14.9 Å². The highest BCUT2D eigenvalue weighted by Crippen LogP contribution is 2.33. The second-order valence-electron chi connectivity index (χ2n) is 6.88. The number of ether oxygens (including phenoxy) is 2. The molecule has 4 heterocycles. The molecule has 1 fully saturated rings. The Labute approximate surface area is 175 Å². The molecule has 30 heavy (non-hydrogen) atoms. The number of aromatic nitrogens is 4. The number of nitrogen functional groups attached to an aromatic ring is 1. The number of carbonyl (C=O) groups excluding carboxylic acids is 1. The third-order valence-corrected chi connectivity index (χ3v) is 5.82. The summed E-state index contributed by atoms with van der Waals surface area (Å²) in [6.07, 6.45) is 6.07. The third kappa shape index (κ3) is 4.04. The number of halogens is 1. The largest absolute Gasteiger partial charge is 0.389 e. The van der Waals surface area contributed by atoms with E-state index in [-0.39, 0.29) is 21.4 Å². The van der Waals surface area contributed by atoms with E-state index in [4.69, 9.17) is 15.2 Å². The van der Waals surface area contributed by atoms with Gasteiger partial charge in [-0.25, -0.2) is 9.37 Å². The maximum atomic E-state index is 14.0. The van der Waals surface area contributed by atoms with Gasteiger partial charge in [0.2, 0.25) is 0 Å². The zero-order valence-electron chi connectivity index (χ0n) is 16.3. The van der Waals surface area contributed by atoms with Crippen LogP contribution in [0.1, 0.15) is 35.4 Å². The van der Waals surface area contributed by atoms with Gasteiger partial charge in [-0.1, -0.05) is 11.3 Å². The zero-order chi connectivity index (χ0) is 21.1. The number of rotatable bonds is 6. The molecule has 9 nitrogen and oxygen atoms in total. The number of nitrogens with two attached hydrogens (primary N) is 1. The van der Waals surface area contributed by atoms with Crippen molar-refractivity contribution in [3.63, 3.8) is 0 Å². The molecule has 1 saturated heterocycles. The van der Waals surface area contributed by atoms with Crippen LogP contribution >= 0.6 is 11.3 Å². The van der Waals surface area contributed by atoms with Gasteiger partial charge >= 0.3 is 0 Å². The highest BCUT2D eigenvalue weighted by molar-refractivity contribution is 7.19. The van der Waals surface area contributed by atoms with Crippen molar-refractivity contribution in [2.75, 3.05) is 24.8 Å². The van der Waals surface area contributed by atoms with Crippen molar-refractivity contribution in [2.45, 2.75) is 31.5 Å². The molecule has 1 aliphatic heterocycles. The van der Waals surface area contributed by atoms with Crippen LogP contribution in [0, 0.1) is 5.82 Å². The lowest BCUT2D eigenvalue weighted by atomic mass is 10.00. The number of hydrogen-bond donors (Lipinski definition) is 3. The summed E-state index contributed by atoms with van der Waals surface area (Å²) in [6, 6.07) is 2.75. The smallest absolute Gasteiger partial charge is 0.277 e. The SMILES string of the molecule is COC1(Cc2[nH]ncc2NC(=O)c2nc(-c3ncccc3F)sc2N)CCCCO1. The topological polar surface area (TPSA) is 128 Å². The van der Waals surface area contributed by atoms with E-state index in [2.05, 4.69) is 25.5 Å². The lowest BCUT2D eigenvalue weighted by Gasteiger charge is -2.35. The zero-order valence-corrected chi connectivity index (χ0v) is 17.1. The summed E-state index contributed by atoms with van der Waals surface area (Å²) < 4.78 is 25.5. The monoisotopic (exact) mass is 432 g/mol. The Kier molecular flexibility index (Phi) is 5.75. The maximum absolute atomic E-state index is 14.0. The van der Waals surface area contributed by atoms with E-state index in [0.29, 0.717) is 24.4 Å². The third-order valence-electron chi connectivity index (χ3n) is 4.93. The second-order valence-corrected chi connectivity index (χ2v) is 7.91. The van der Waals surface area contributed by atoms with Crippen LogP contribution in [0.25, 0.3) is 10.7 Å². The normalized spacial score (nSPS) is 19.0. The molecule has 0 aliphatic carbocycles. The first-order chi connectivity index (χ1) is 14.5. The lowest BCUT2D eigenvalue weighted by molar-refractivity contribution is -0.241. The number of carbonyl (C=O) groups is 1. The van der Waals surface area contributed by atoms with Gasteiger partial charge in [0.25, 0.3) is 5.91 Å². The van der Waals surface area contributed by atoms with Crippen LogP contribution in [-0.2, 0) is 15.9 Å². The average Bonchev–Trinajstić information content (AvgIpc) is 3.35. The van der Waals surface area contributed by atoms with Crippen LogP contribution in [0.2, 0.25) is 0 Å². The molecular formula is C19H21FN6O3S. The summed E-state index contributed by atoms with van der Waals surface area (Å²) in [6.45, 7) is 0.617. The minimum atomic E-state index is -0.756. The van der Waals surface area contributed by atoms with E-state index in [0.717, 1.165) is 30.6 Å². The molecule has 1 amide bonds. The molecule has 0 aromatic carbocycles. The first-order valence-electron chi connectivity index (χ1n) is 9.41. The van der Waals surface area contributed by atoms with Gasteiger partial charge in [0.1, 0.15) is 15.7 Å². The predicted octanol–water partition coefficient (Wildman–Crippen LogP) is 2.99. The Bertz CT molecular complexity index is 1050. The number of anilines is 2. The summed E-state index contributed by atoms with van der Waals surface area (Å²) in [5, 5.41) is 10.1. The first kappa shape index (κ1) is 20.4. The minimum absolute atomic E-state index is 0.00238. The van der Waals surface area contributed by atoms with E-state index >= 15 is 0 Å². The molecule has 3 aromatic rings. The molecule has 0 saturated carbocycles. The van der Waals surface area contributed by atoms with Gasteiger partial charge in [0.15, 0.2) is 17.3 Å². The van der Waals surface area contributed by atoms with Crippen LogP contribution in [0.3, 0.4) is 0 Å². The van der Waals surface area contributed by atoms with Crippen molar-refractivity contribution in [1.82, 2.24) is 20.2 Å². The fourth-order valence-corrected chi connectivity index (χ4v) is 4.17. The van der Waals surface area contributed by atoms with Crippen LogP contribution in [0.15, 0.2) is 24.5 Å². The minimum Gasteiger partial charge on any atom is -0.389 e. The number of methoxy groups -OCH3 is 1. The average molecular weight is 432 g/mol. The first-order valence-corrected chi connectivity index (χ1v) is 10.2. The molecule has 0 spiro atoms. The van der Waals surface area contributed by atoms with Crippen molar-refractivity contribution < 1.29 is 18.7 Å². The molecule has 4 rings (SSSR count). The summed E-state index contributed by atoms with van der Waals surface area (Å²) in [5.74, 6) is -1.81. The summed E-state index contributed by atoms with van der Waals surface area (Å²) >= 11 is 0.998. The molecule has 1 atom stereocenters. The Morgan fingerprint density at radius 2 is 2.37 bits per heavy atom. The summed E-state index contributed by atoms with van der Waals surface area (Å²) in [5.41, 5.74) is 7.16. The van der Waals surface area contributed by atoms with Crippen molar-refractivity contribution >= 4 is 27.9 Å². The van der Waals surface area contributed by atoms with Crippen molar-refractivity contribution in [2.24, 2.45) is 0 Å². The molecule has 0 radical (unpaired) electrons. The number of amides is 1. The number of thiazole rings is 1. The maximum Gasteiger partial charge on any atom is 0.277 e. The van der Waals surface area contributed by atoms with Crippen molar-refractivity contribution in [3.05, 3.63) is 41.7 Å². The van der Waals surface area contributed by atoms with E-state index in [1.807, 2.05) is 0 Å². The molecule has 0 bridgehead atoms. The molecule has 1 aliphatic rings. The highest BCUT2D eigenvalue weighted by Gasteiger charge is 2.35. The quantitative estimate of drug-likeness (QED) is 0.546. The van der Waals surface area contributed by atoms with E-state index < -0.39 is 17.5 Å². The number of nitrogens with one attached hydrogen (secondary N) is 2. The fourth-order valence-electron chi connectivity index (χ4n) is 3.34. The molecule has 4 N–H and O–H groups in total. The summed E-state index contributed by atoms with van der Waals surface area (Å²) in [4.78, 5) is 21.0. The lowest BCUT2D eigenvalue weighted by Crippen LogP contribution is -2.40. The highest BCUT2D eigenvalue weighted by atomic mass is 32.1. The van der Waals surface area contributed by atoms with E-state index in [1.165, 1.54) is 24.5 Å². The second kappa shape index (κ2) is 8.46. The molecule has 3 aromatic heterocycles. The van der Waals surface area contributed by atoms with E-state index in [9.17, 15) is 9.18 Å². The van der Waals surface area contributed by atoms with Crippen LogP contribution < -0.4 is 11.1 Å². The van der Waals surface area contributed by atoms with Gasteiger partial charge in [0, 0.05) is 26.1 Å². The number of pyridine rings is 1. The molecule has 11 heteroatoms. The van der Waals surface area contributed by atoms with Gasteiger partial charge in [0.05, 0.1) is 24.2 Å². The van der Waals surface area contributed by atoms with Gasteiger partial charge in [-0.2, -0.15) is 5.10 Å². The molecule has 1 unspecified atom stereocenters. The Morgan fingerprint density at radius 1 is 1.50 bits per heavy atom. The Hall–Kier alpha value is -2.89. The van der Waals surface area contributed by atoms with Gasteiger partial charge in [-0.05, 0) is 25.0 Å². The standard InChI is InChI=1S/C19H21FN6O3S/c1-28-19(6-2-3-8-29-19)9-12-13(10-23-26-12)24-17(27)15-16(21)30-18(25-15)14-11(20)5-4-7-22-14/h4-5,7,10H,2-3,6,8-9,21H2,1H3,(H,23,26)(H,24,27). The molecule has 158 valence electrons. The van der Waals surface area contributed by atoms with Crippen LogP contribution in [0.4, 0.5) is 15.1 Å². The number of hydrogen-bond acceptors (Lipinski definition) is 8. The van der Waals surface area contributed by atoms with Crippen LogP contribution in [-0.4, -0.2) is 45.6 Å².